The van der Waals surface area contributed by atoms with Gasteiger partial charge in [-0.3, -0.25) is 4.79 Å². The van der Waals surface area contributed by atoms with E-state index in [0.717, 1.165) is 23.9 Å². The van der Waals surface area contributed by atoms with Gasteiger partial charge in [0.15, 0.2) is 0 Å². The third-order valence-corrected chi connectivity index (χ3v) is 6.27. The minimum absolute atomic E-state index is 0.0974. The summed E-state index contributed by atoms with van der Waals surface area (Å²) in [6, 6.07) is 11.5. The second-order valence-electron chi connectivity index (χ2n) is 7.72. The number of carbonyl (C=O) groups is 1. The molecule has 0 radical (unpaired) electrons. The summed E-state index contributed by atoms with van der Waals surface area (Å²) < 4.78 is 68.1. The van der Waals surface area contributed by atoms with Crippen LogP contribution >= 0.6 is 0 Å². The van der Waals surface area contributed by atoms with E-state index in [2.05, 4.69) is 15.1 Å². The number of sulfonamides is 1. The first-order valence-corrected chi connectivity index (χ1v) is 11.5. The van der Waals surface area contributed by atoms with Crippen molar-refractivity contribution in [2.45, 2.75) is 37.5 Å². The minimum atomic E-state index is -4.69. The van der Waals surface area contributed by atoms with Gasteiger partial charge in [0.1, 0.15) is 6.04 Å². The van der Waals surface area contributed by atoms with Gasteiger partial charge in [0, 0.05) is 18.3 Å². The first-order chi connectivity index (χ1) is 15.5. The number of carbonyl (C=O) groups excluding carboxylic acids is 1. The summed E-state index contributed by atoms with van der Waals surface area (Å²) in [5.74, 6) is -1.06. The van der Waals surface area contributed by atoms with Gasteiger partial charge in [-0.2, -0.15) is 23.0 Å². The number of amides is 1. The molecule has 3 aromatic rings. The Hall–Kier alpha value is -3.18. The van der Waals surface area contributed by atoms with Gasteiger partial charge in [-0.15, -0.1) is 0 Å². The van der Waals surface area contributed by atoms with E-state index in [-0.39, 0.29) is 6.54 Å². The maximum Gasteiger partial charge on any atom is 0.416 e. The largest absolute Gasteiger partial charge is 0.416 e. The number of hydrogen-bond donors (Lipinski definition) is 2. The number of rotatable bonds is 8. The molecule has 0 aliphatic rings. The van der Waals surface area contributed by atoms with E-state index in [1.807, 2.05) is 30.3 Å². The van der Waals surface area contributed by atoms with Crippen LogP contribution in [0.1, 0.15) is 25.0 Å². The Labute approximate surface area is 189 Å². The van der Waals surface area contributed by atoms with Crippen molar-refractivity contribution in [1.29, 1.82) is 0 Å². The van der Waals surface area contributed by atoms with Gasteiger partial charge in [-0.05, 0) is 36.2 Å². The predicted molar refractivity (Wildman–Crippen MR) is 116 cm³/mol. The first kappa shape index (κ1) is 24.5. The van der Waals surface area contributed by atoms with Crippen LogP contribution < -0.4 is 10.0 Å². The Morgan fingerprint density at radius 2 is 1.79 bits per heavy atom. The molecule has 2 aromatic carbocycles. The van der Waals surface area contributed by atoms with E-state index in [1.165, 1.54) is 0 Å². The van der Waals surface area contributed by atoms with Crippen LogP contribution in [-0.2, 0) is 27.5 Å². The maximum atomic E-state index is 13.0. The zero-order valence-electron chi connectivity index (χ0n) is 17.9. The molecule has 0 aliphatic carbocycles. The third-order valence-electron chi connectivity index (χ3n) is 4.83. The van der Waals surface area contributed by atoms with Crippen molar-refractivity contribution in [3.05, 3.63) is 78.1 Å². The molecule has 176 valence electrons. The number of aromatic nitrogens is 2. The van der Waals surface area contributed by atoms with Crippen molar-refractivity contribution >= 4 is 15.9 Å². The molecule has 33 heavy (non-hydrogen) atoms. The summed E-state index contributed by atoms with van der Waals surface area (Å²) >= 11 is 0. The van der Waals surface area contributed by atoms with E-state index < -0.39 is 44.5 Å². The second kappa shape index (κ2) is 9.75. The fourth-order valence-corrected chi connectivity index (χ4v) is 4.43. The fourth-order valence-electron chi connectivity index (χ4n) is 3.04. The molecule has 0 fully saturated rings. The van der Waals surface area contributed by atoms with Crippen LogP contribution in [0.3, 0.4) is 0 Å². The summed E-state index contributed by atoms with van der Waals surface area (Å²) in [7, 11) is -4.37. The number of hydrogen-bond acceptors (Lipinski definition) is 4. The molecular weight excluding hydrogens is 457 g/mol. The Morgan fingerprint density at radius 3 is 2.42 bits per heavy atom. The summed E-state index contributed by atoms with van der Waals surface area (Å²) in [4.78, 5) is 12.2. The molecule has 0 bridgehead atoms. The smallest absolute Gasteiger partial charge is 0.351 e. The van der Waals surface area contributed by atoms with Crippen LogP contribution in [0.15, 0.2) is 71.9 Å². The van der Waals surface area contributed by atoms with E-state index >= 15 is 0 Å². The van der Waals surface area contributed by atoms with E-state index in [0.29, 0.717) is 11.6 Å². The van der Waals surface area contributed by atoms with Crippen molar-refractivity contribution < 1.29 is 26.4 Å². The van der Waals surface area contributed by atoms with Crippen molar-refractivity contribution in [2.75, 3.05) is 0 Å². The van der Waals surface area contributed by atoms with Gasteiger partial charge in [-0.1, -0.05) is 38.1 Å². The molecule has 1 heterocycles. The van der Waals surface area contributed by atoms with E-state index in [1.54, 1.807) is 30.9 Å². The van der Waals surface area contributed by atoms with Gasteiger partial charge in [-0.25, -0.2) is 13.1 Å². The Morgan fingerprint density at radius 1 is 1.09 bits per heavy atom. The standard InChI is InChI=1S/C22H23F3N4O3S/c1-15(2)20(28-33(31,32)19-10-6-7-17(11-19)22(23,24)25)21(30)26-12-16-13-27-29(14-16)18-8-4-3-5-9-18/h3-11,13-15,20,28H,12H2,1-2H3,(H,26,30). The van der Waals surface area contributed by atoms with E-state index in [9.17, 15) is 26.4 Å². The summed E-state index contributed by atoms with van der Waals surface area (Å²) in [6.07, 6.45) is -1.39. The number of nitrogens with one attached hydrogen (secondary N) is 2. The van der Waals surface area contributed by atoms with Gasteiger partial charge in [0.25, 0.3) is 0 Å². The highest BCUT2D eigenvalue weighted by Crippen LogP contribution is 2.30. The molecule has 7 nitrogen and oxygen atoms in total. The first-order valence-electron chi connectivity index (χ1n) is 10.0. The van der Waals surface area contributed by atoms with Gasteiger partial charge in [0.05, 0.1) is 22.3 Å². The zero-order valence-corrected chi connectivity index (χ0v) is 18.7. The molecule has 2 N–H and O–H groups in total. The molecular formula is C22H23F3N4O3S. The normalized spacial score (nSPS) is 13.2. The molecule has 0 saturated heterocycles. The third kappa shape index (κ3) is 6.20. The lowest BCUT2D eigenvalue weighted by molar-refractivity contribution is -0.137. The summed E-state index contributed by atoms with van der Waals surface area (Å²) in [6.45, 7) is 3.36. The molecule has 11 heteroatoms. The molecule has 0 saturated carbocycles. The van der Waals surface area contributed by atoms with Gasteiger partial charge in [0.2, 0.25) is 15.9 Å². The molecule has 0 spiro atoms. The van der Waals surface area contributed by atoms with Crippen LogP contribution in [-0.4, -0.2) is 30.1 Å². The average Bonchev–Trinajstić information content (AvgIpc) is 3.25. The number of halogens is 3. The lowest BCUT2D eigenvalue weighted by Crippen LogP contribution is -2.49. The average molecular weight is 481 g/mol. The predicted octanol–water partition coefficient (Wildman–Crippen LogP) is 3.51. The topological polar surface area (TPSA) is 93.1 Å². The van der Waals surface area contributed by atoms with Crippen LogP contribution in [0.4, 0.5) is 13.2 Å². The maximum absolute atomic E-state index is 13.0. The fraction of sp³-hybridized carbons (Fsp3) is 0.273. The Balaban J connectivity index is 1.70. The summed E-state index contributed by atoms with van der Waals surface area (Å²) in [5.41, 5.74) is 0.436. The number of nitrogens with zero attached hydrogens (tertiary/aromatic N) is 2. The highest BCUT2D eigenvalue weighted by Gasteiger charge is 2.33. The van der Waals surface area contributed by atoms with Crippen molar-refractivity contribution in [3.8, 4) is 5.69 Å². The van der Waals surface area contributed by atoms with Crippen LogP contribution in [0.2, 0.25) is 0 Å². The van der Waals surface area contributed by atoms with Gasteiger partial charge >= 0.3 is 6.18 Å². The Bertz CT molecular complexity index is 1210. The zero-order chi connectivity index (χ0) is 24.2. The highest BCUT2D eigenvalue weighted by atomic mass is 32.2. The lowest BCUT2D eigenvalue weighted by atomic mass is 10.1. The number of para-hydroxylation sites is 1. The van der Waals surface area contributed by atoms with Crippen LogP contribution in [0.5, 0.6) is 0 Å². The quantitative estimate of drug-likeness (QED) is 0.516. The molecule has 1 amide bonds. The summed E-state index contributed by atoms with van der Waals surface area (Å²) in [5, 5.41) is 6.89. The minimum Gasteiger partial charge on any atom is -0.351 e. The van der Waals surface area contributed by atoms with E-state index in [4.69, 9.17) is 0 Å². The molecule has 3 rings (SSSR count). The highest BCUT2D eigenvalue weighted by molar-refractivity contribution is 7.89. The molecule has 1 aromatic heterocycles. The Kier molecular flexibility index (Phi) is 7.23. The van der Waals surface area contributed by atoms with Crippen molar-refractivity contribution in [3.63, 3.8) is 0 Å². The molecule has 0 aliphatic heterocycles. The van der Waals surface area contributed by atoms with Gasteiger partial charge < -0.3 is 5.32 Å². The number of alkyl halides is 3. The van der Waals surface area contributed by atoms with Crippen LogP contribution in [0.25, 0.3) is 5.69 Å². The lowest BCUT2D eigenvalue weighted by Gasteiger charge is -2.22. The van der Waals surface area contributed by atoms with Crippen LogP contribution in [0, 0.1) is 5.92 Å². The number of benzene rings is 2. The second-order valence-corrected chi connectivity index (χ2v) is 9.43. The molecule has 1 atom stereocenters. The monoisotopic (exact) mass is 480 g/mol. The molecule has 1 unspecified atom stereocenters. The SMILES string of the molecule is CC(C)C(NS(=O)(=O)c1cccc(C(F)(F)F)c1)C(=O)NCc1cnn(-c2ccccc2)c1. The van der Waals surface area contributed by atoms with Crippen molar-refractivity contribution in [2.24, 2.45) is 5.92 Å². The van der Waals surface area contributed by atoms with Crippen molar-refractivity contribution in [1.82, 2.24) is 19.8 Å².